The smallest absolute Gasteiger partial charge is 0.141 e. The van der Waals surface area contributed by atoms with Crippen LogP contribution in [0.3, 0.4) is 0 Å². The molecule has 0 bridgehead atoms. The molecule has 2 nitrogen and oxygen atoms in total. The van der Waals surface area contributed by atoms with Gasteiger partial charge in [-0.25, -0.2) is 4.21 Å². The van der Waals surface area contributed by atoms with E-state index in [1.165, 1.54) is 0 Å². The topological polar surface area (TPSA) is 37.3 Å². The number of hydrogen-bond acceptors (Lipinski definition) is 2. The van der Waals surface area contributed by atoms with Crippen LogP contribution in [-0.4, -0.2) is 65.9 Å². The van der Waals surface area contributed by atoms with Gasteiger partial charge >= 0.3 is 0 Å². The molecule has 0 aromatic heterocycles. The van der Waals surface area contributed by atoms with Crippen LogP contribution in [-0.2, 0) is 20.0 Å². The van der Waals surface area contributed by atoms with Crippen molar-refractivity contribution < 1.29 is 8.76 Å². The van der Waals surface area contributed by atoms with E-state index in [2.05, 4.69) is 11.2 Å². The van der Waals surface area contributed by atoms with Gasteiger partial charge in [-0.05, 0) is 5.92 Å². The average Bonchev–Trinajstić information content (AvgIpc) is 1.21. The van der Waals surface area contributed by atoms with E-state index >= 15 is 0 Å². The van der Waals surface area contributed by atoms with Crippen LogP contribution in [0.4, 0.5) is 0 Å². The molecule has 0 aromatic rings. The van der Waals surface area contributed by atoms with Gasteiger partial charge in [0.2, 0.25) is 0 Å². The minimum absolute atomic E-state index is 0. The van der Waals surface area contributed by atoms with E-state index in [0.717, 1.165) is 0 Å². The van der Waals surface area contributed by atoms with Crippen molar-refractivity contribution in [3.05, 3.63) is 0 Å². The summed E-state index contributed by atoms with van der Waals surface area (Å²) < 4.78 is 18.9. The van der Waals surface area contributed by atoms with Crippen LogP contribution in [0.25, 0.3) is 0 Å². The zero-order valence-corrected chi connectivity index (χ0v) is 10.7. The third-order valence-corrected chi connectivity index (χ3v) is 2.04. The van der Waals surface area contributed by atoms with Crippen LogP contribution in [0.1, 0.15) is 13.8 Å². The van der Waals surface area contributed by atoms with Gasteiger partial charge in [0.25, 0.3) is 0 Å². The molecule has 0 aliphatic heterocycles. The van der Waals surface area contributed by atoms with Crippen molar-refractivity contribution in [1.29, 1.82) is 0 Å². The first-order valence-corrected chi connectivity index (χ1v) is 4.98. The van der Waals surface area contributed by atoms with Crippen molar-refractivity contribution in [1.82, 2.24) is 0 Å². The molecule has 0 fully saturated rings. The second kappa shape index (κ2) is 5.60. The predicted molar refractivity (Wildman–Crippen MR) is 43.6 cm³/mol. The van der Waals surface area contributed by atoms with Gasteiger partial charge in [-0.3, -0.25) is 0 Å². The van der Waals surface area contributed by atoms with Crippen LogP contribution in [0, 0.1) is 5.92 Å². The monoisotopic (exact) mass is 193 g/mol. The van der Waals surface area contributed by atoms with Crippen LogP contribution >= 0.6 is 0 Å². The van der Waals surface area contributed by atoms with Crippen molar-refractivity contribution in [2.24, 2.45) is 5.92 Å². The maximum Gasteiger partial charge on any atom is 0.141 e. The van der Waals surface area contributed by atoms with Gasteiger partial charge in [0.15, 0.2) is 0 Å². The van der Waals surface area contributed by atoms with Crippen LogP contribution in [0.5, 0.6) is 0 Å². The molecule has 1 unspecified atom stereocenters. The molecule has 0 saturated carbocycles. The Kier molecular flexibility index (Phi) is 8.42. The molecule has 0 amide bonds. The Labute approximate surface area is 104 Å². The molecule has 0 aliphatic carbocycles. The molecule has 0 rings (SSSR count). The van der Waals surface area contributed by atoms with Crippen molar-refractivity contribution in [3.8, 4) is 0 Å². The van der Waals surface area contributed by atoms with Gasteiger partial charge in [-0.2, -0.15) is 0 Å². The molecular formula is C4H10KO2S2. The molecule has 0 heterocycles. The third-order valence-electron chi connectivity index (χ3n) is 0.544. The molecule has 0 aliphatic rings. The summed E-state index contributed by atoms with van der Waals surface area (Å²) in [7, 11) is -2.89. The largest absolute Gasteiger partial charge is 0.306 e. The van der Waals surface area contributed by atoms with Crippen molar-refractivity contribution >= 4 is 71.3 Å². The van der Waals surface area contributed by atoms with Crippen LogP contribution in [0.15, 0.2) is 0 Å². The molecule has 1 radical (unpaired) electrons. The van der Waals surface area contributed by atoms with E-state index in [9.17, 15) is 4.21 Å². The quantitative estimate of drug-likeness (QED) is 0.648. The predicted octanol–water partition coefficient (Wildman–Crippen LogP) is 0.481. The summed E-state index contributed by atoms with van der Waals surface area (Å²) in [5, 5.41) is 0. The Morgan fingerprint density at radius 2 is 2.00 bits per heavy atom. The summed E-state index contributed by atoms with van der Waals surface area (Å²) in [5.41, 5.74) is 0. The van der Waals surface area contributed by atoms with E-state index in [1.807, 2.05) is 13.8 Å². The van der Waals surface area contributed by atoms with E-state index < -0.39 is 8.77 Å². The summed E-state index contributed by atoms with van der Waals surface area (Å²) in [6, 6.07) is 0. The summed E-state index contributed by atoms with van der Waals surface area (Å²) in [6.45, 7) is 3.73. The molecule has 0 spiro atoms. The third kappa shape index (κ3) is 13.0. The Morgan fingerprint density at radius 3 is 2.00 bits per heavy atom. The standard InChI is InChI=1S/C4H10O2S2.K/c1-4(2)3-8(5,6)7;/h4H,3H2,1-2H3,(H,5,6,7);. The molecule has 1 atom stereocenters. The normalized spacial score (nSPS) is 16.4. The fourth-order valence-electron chi connectivity index (χ4n) is 0.421. The fourth-order valence-corrected chi connectivity index (χ4v) is 2.08. The first kappa shape index (κ1) is 13.5. The SMILES string of the molecule is CC(C)CS(=O)(O)=S.[K]. The maximum atomic E-state index is 10.4. The Hall–Kier alpha value is 1.97. The van der Waals surface area contributed by atoms with Crippen LogP contribution < -0.4 is 0 Å². The summed E-state index contributed by atoms with van der Waals surface area (Å²) in [5.74, 6) is 0.437. The molecule has 1 N–H and O–H groups in total. The fraction of sp³-hybridized carbons (Fsp3) is 1.00. The van der Waals surface area contributed by atoms with E-state index in [-0.39, 0.29) is 63.1 Å². The van der Waals surface area contributed by atoms with Gasteiger partial charge in [0.05, 0.1) is 5.75 Å². The molecule has 51 valence electrons. The second-order valence-corrected chi connectivity index (χ2v) is 5.20. The van der Waals surface area contributed by atoms with E-state index in [4.69, 9.17) is 4.55 Å². The molecule has 9 heavy (non-hydrogen) atoms. The first-order valence-electron chi connectivity index (χ1n) is 2.37. The van der Waals surface area contributed by atoms with Crippen molar-refractivity contribution in [3.63, 3.8) is 0 Å². The molecule has 5 heteroatoms. The van der Waals surface area contributed by atoms with Gasteiger partial charge < -0.3 is 4.55 Å². The van der Waals surface area contributed by atoms with Crippen LogP contribution in [0.2, 0.25) is 0 Å². The summed E-state index contributed by atoms with van der Waals surface area (Å²) >= 11 is 4.24. The van der Waals surface area contributed by atoms with Crippen molar-refractivity contribution in [2.45, 2.75) is 13.8 Å². The average molecular weight is 193 g/mol. The van der Waals surface area contributed by atoms with Gasteiger partial charge in [0.1, 0.15) is 8.77 Å². The van der Waals surface area contributed by atoms with Gasteiger partial charge in [-0.1, -0.05) is 13.8 Å². The minimum atomic E-state index is -2.89. The van der Waals surface area contributed by atoms with Crippen molar-refractivity contribution in [2.75, 3.05) is 5.75 Å². The first-order chi connectivity index (χ1) is 3.42. The van der Waals surface area contributed by atoms with Gasteiger partial charge in [-0.15, -0.1) is 0 Å². The minimum Gasteiger partial charge on any atom is -0.306 e. The maximum absolute atomic E-state index is 10.4. The molecule has 0 saturated heterocycles. The number of hydrogen-bond donors (Lipinski definition) is 1. The Balaban J connectivity index is 0. The molecular weight excluding hydrogens is 183 g/mol. The Morgan fingerprint density at radius 1 is 1.67 bits per heavy atom. The summed E-state index contributed by atoms with van der Waals surface area (Å²) in [6.07, 6.45) is 0. The van der Waals surface area contributed by atoms with E-state index in [0.29, 0.717) is 0 Å². The second-order valence-electron chi connectivity index (χ2n) is 2.14. The van der Waals surface area contributed by atoms with Gasteiger partial charge in [0, 0.05) is 62.6 Å². The zero-order chi connectivity index (χ0) is 6.78. The number of rotatable bonds is 2. The molecule has 0 aromatic carbocycles. The van der Waals surface area contributed by atoms with E-state index in [1.54, 1.807) is 0 Å². The Bertz CT molecular complexity index is 150. The zero-order valence-electron chi connectivity index (χ0n) is 5.96. The summed E-state index contributed by atoms with van der Waals surface area (Å²) in [4.78, 5) is 0.